The number of para-hydroxylation sites is 1. The minimum absolute atomic E-state index is 0.0120. The van der Waals surface area contributed by atoms with Crippen LogP contribution in [0.3, 0.4) is 0 Å². The highest BCUT2D eigenvalue weighted by Gasteiger charge is 2.17. The van der Waals surface area contributed by atoms with Gasteiger partial charge in [0.25, 0.3) is 5.69 Å². The summed E-state index contributed by atoms with van der Waals surface area (Å²) >= 11 is 3.12. The van der Waals surface area contributed by atoms with E-state index >= 15 is 0 Å². The zero-order valence-electron chi connectivity index (χ0n) is 10.7. The molecule has 1 aromatic heterocycles. The fourth-order valence-electron chi connectivity index (χ4n) is 1.64. The summed E-state index contributed by atoms with van der Waals surface area (Å²) in [7, 11) is 0. The number of aryl methyl sites for hydroxylation is 1. The standard InChI is InChI=1S/C13H9BrN2O5/c1-7-3-2-4-9(13(17)18)11(7)21-12-10(14)5-8(6-15-12)16(19)20/h2-6H,1H3,(H,17,18). The number of aromatic nitrogens is 1. The molecule has 7 nitrogen and oxygen atoms in total. The van der Waals surface area contributed by atoms with Gasteiger partial charge in [-0.1, -0.05) is 12.1 Å². The predicted molar refractivity (Wildman–Crippen MR) is 76.8 cm³/mol. The summed E-state index contributed by atoms with van der Waals surface area (Å²) in [4.78, 5) is 25.1. The summed E-state index contributed by atoms with van der Waals surface area (Å²) in [6.45, 7) is 1.70. The van der Waals surface area contributed by atoms with Crippen molar-refractivity contribution < 1.29 is 19.6 Å². The Hall–Kier alpha value is -2.48. The molecule has 2 rings (SSSR count). The van der Waals surface area contributed by atoms with Crippen LogP contribution in [0.15, 0.2) is 34.9 Å². The second kappa shape index (κ2) is 5.88. The van der Waals surface area contributed by atoms with Crippen LogP contribution < -0.4 is 4.74 Å². The molecule has 0 fully saturated rings. The van der Waals surface area contributed by atoms with Crippen LogP contribution >= 0.6 is 15.9 Å². The summed E-state index contributed by atoms with van der Waals surface area (Å²) in [6, 6.07) is 5.94. The first-order chi connectivity index (χ1) is 9.90. The maximum absolute atomic E-state index is 11.2. The molecule has 0 aliphatic carbocycles. The Labute approximate surface area is 127 Å². The van der Waals surface area contributed by atoms with Crippen molar-refractivity contribution in [1.82, 2.24) is 4.98 Å². The second-order valence-corrected chi connectivity index (χ2v) is 4.95. The Balaban J connectivity index is 2.44. The minimum Gasteiger partial charge on any atom is -0.478 e. The van der Waals surface area contributed by atoms with E-state index in [1.165, 1.54) is 12.1 Å². The zero-order chi connectivity index (χ0) is 15.6. The summed E-state index contributed by atoms with van der Waals surface area (Å²) < 4.78 is 5.77. The first-order valence-corrected chi connectivity index (χ1v) is 6.50. The summed E-state index contributed by atoms with van der Waals surface area (Å²) in [6.07, 6.45) is 1.04. The summed E-state index contributed by atoms with van der Waals surface area (Å²) in [5, 5.41) is 19.8. The maximum Gasteiger partial charge on any atom is 0.339 e. The number of pyridine rings is 1. The molecular weight excluding hydrogens is 344 g/mol. The van der Waals surface area contributed by atoms with Crippen molar-refractivity contribution in [2.24, 2.45) is 0 Å². The van der Waals surface area contributed by atoms with Gasteiger partial charge in [-0.3, -0.25) is 10.1 Å². The molecule has 0 aliphatic heterocycles. The molecular formula is C13H9BrN2O5. The number of halogens is 1. The quantitative estimate of drug-likeness (QED) is 0.666. The van der Waals surface area contributed by atoms with Crippen molar-refractivity contribution in [2.45, 2.75) is 6.92 Å². The van der Waals surface area contributed by atoms with Crippen LogP contribution in [0.1, 0.15) is 15.9 Å². The molecule has 0 atom stereocenters. The van der Waals surface area contributed by atoms with Crippen molar-refractivity contribution in [1.29, 1.82) is 0 Å². The number of aromatic carboxylic acids is 1. The van der Waals surface area contributed by atoms with Crippen molar-refractivity contribution in [3.05, 3.63) is 56.2 Å². The number of benzene rings is 1. The number of rotatable bonds is 4. The number of nitro groups is 1. The number of carbonyl (C=O) groups is 1. The van der Waals surface area contributed by atoms with Crippen LogP contribution in [0.5, 0.6) is 11.6 Å². The normalized spacial score (nSPS) is 10.2. The lowest BCUT2D eigenvalue weighted by Crippen LogP contribution is -2.02. The van der Waals surface area contributed by atoms with Crippen LogP contribution in [-0.2, 0) is 0 Å². The Kier molecular flexibility index (Phi) is 4.18. The van der Waals surface area contributed by atoms with Gasteiger partial charge in [-0.25, -0.2) is 9.78 Å². The van der Waals surface area contributed by atoms with E-state index in [9.17, 15) is 14.9 Å². The predicted octanol–water partition coefficient (Wildman–Crippen LogP) is 3.55. The molecule has 108 valence electrons. The number of carboxylic acids is 1. The molecule has 0 saturated heterocycles. The van der Waals surface area contributed by atoms with Crippen molar-refractivity contribution >= 4 is 27.6 Å². The first-order valence-electron chi connectivity index (χ1n) is 5.71. The van der Waals surface area contributed by atoms with E-state index in [2.05, 4.69) is 20.9 Å². The Morgan fingerprint density at radius 2 is 2.19 bits per heavy atom. The molecule has 1 heterocycles. The molecule has 2 aromatic rings. The third-order valence-electron chi connectivity index (χ3n) is 2.64. The second-order valence-electron chi connectivity index (χ2n) is 4.10. The lowest BCUT2D eigenvalue weighted by molar-refractivity contribution is -0.385. The number of hydrogen-bond acceptors (Lipinski definition) is 5. The molecule has 0 aliphatic rings. The number of nitrogens with zero attached hydrogens (tertiary/aromatic N) is 2. The van der Waals surface area contributed by atoms with Gasteiger partial charge >= 0.3 is 5.97 Å². The summed E-state index contributed by atoms with van der Waals surface area (Å²) in [5.41, 5.74) is 0.404. The fourth-order valence-corrected chi connectivity index (χ4v) is 2.06. The first kappa shape index (κ1) is 14.9. The van der Waals surface area contributed by atoms with Crippen LogP contribution in [0, 0.1) is 17.0 Å². The van der Waals surface area contributed by atoms with E-state index in [0.717, 1.165) is 6.20 Å². The zero-order valence-corrected chi connectivity index (χ0v) is 12.3. The van der Waals surface area contributed by atoms with E-state index in [-0.39, 0.29) is 27.4 Å². The van der Waals surface area contributed by atoms with Gasteiger partial charge in [0.2, 0.25) is 5.88 Å². The van der Waals surface area contributed by atoms with Gasteiger partial charge in [0.05, 0.1) is 9.40 Å². The van der Waals surface area contributed by atoms with E-state index in [0.29, 0.717) is 5.56 Å². The molecule has 0 amide bonds. The third kappa shape index (κ3) is 3.16. The van der Waals surface area contributed by atoms with Gasteiger partial charge in [0.15, 0.2) is 0 Å². The third-order valence-corrected chi connectivity index (χ3v) is 3.21. The highest BCUT2D eigenvalue weighted by molar-refractivity contribution is 9.10. The number of ether oxygens (including phenoxy) is 1. The number of carboxylic acid groups (broad SMARTS) is 1. The van der Waals surface area contributed by atoms with E-state index in [1.54, 1.807) is 19.1 Å². The van der Waals surface area contributed by atoms with Gasteiger partial charge in [-0.2, -0.15) is 0 Å². The van der Waals surface area contributed by atoms with E-state index in [1.807, 2.05) is 0 Å². The Morgan fingerprint density at radius 1 is 1.48 bits per heavy atom. The fraction of sp³-hybridized carbons (Fsp3) is 0.0769. The van der Waals surface area contributed by atoms with Gasteiger partial charge in [-0.05, 0) is 34.5 Å². The SMILES string of the molecule is Cc1cccc(C(=O)O)c1Oc1ncc([N+](=O)[O-])cc1Br. The van der Waals surface area contributed by atoms with Gasteiger partial charge in [-0.15, -0.1) is 0 Å². The van der Waals surface area contributed by atoms with Gasteiger partial charge < -0.3 is 9.84 Å². The van der Waals surface area contributed by atoms with E-state index < -0.39 is 10.9 Å². The average molecular weight is 353 g/mol. The lowest BCUT2D eigenvalue weighted by atomic mass is 10.1. The average Bonchev–Trinajstić information content (AvgIpc) is 2.42. The van der Waals surface area contributed by atoms with Crippen LogP contribution in [0.4, 0.5) is 5.69 Å². The monoisotopic (exact) mass is 352 g/mol. The van der Waals surface area contributed by atoms with Crippen molar-refractivity contribution in [2.75, 3.05) is 0 Å². The molecule has 0 radical (unpaired) electrons. The van der Waals surface area contributed by atoms with E-state index in [4.69, 9.17) is 9.84 Å². The maximum atomic E-state index is 11.2. The van der Waals surface area contributed by atoms with Gasteiger partial charge in [0, 0.05) is 6.07 Å². The topological polar surface area (TPSA) is 103 Å². The lowest BCUT2D eigenvalue weighted by Gasteiger charge is -2.11. The molecule has 21 heavy (non-hydrogen) atoms. The highest BCUT2D eigenvalue weighted by atomic mass is 79.9. The van der Waals surface area contributed by atoms with Gasteiger partial charge in [0.1, 0.15) is 17.5 Å². The number of hydrogen-bond donors (Lipinski definition) is 1. The Bertz CT molecular complexity index is 732. The highest BCUT2D eigenvalue weighted by Crippen LogP contribution is 2.33. The van der Waals surface area contributed by atoms with Crippen LogP contribution in [0.2, 0.25) is 0 Å². The molecule has 8 heteroatoms. The minimum atomic E-state index is -1.13. The van der Waals surface area contributed by atoms with Crippen LogP contribution in [0.25, 0.3) is 0 Å². The molecule has 0 bridgehead atoms. The summed E-state index contributed by atoms with van der Waals surface area (Å²) in [5.74, 6) is -0.934. The molecule has 0 unspecified atom stereocenters. The molecule has 0 saturated carbocycles. The molecule has 1 N–H and O–H groups in total. The smallest absolute Gasteiger partial charge is 0.339 e. The molecule has 1 aromatic carbocycles. The van der Waals surface area contributed by atoms with Crippen LogP contribution in [-0.4, -0.2) is 21.0 Å². The largest absolute Gasteiger partial charge is 0.478 e. The van der Waals surface area contributed by atoms with Crippen molar-refractivity contribution in [3.8, 4) is 11.6 Å². The molecule has 0 spiro atoms. The Morgan fingerprint density at radius 3 is 2.76 bits per heavy atom. The van der Waals surface area contributed by atoms with Crippen molar-refractivity contribution in [3.63, 3.8) is 0 Å².